The number of nitro benzene ring substituents is 1. The number of hydrogen-bond donors (Lipinski definition) is 2. The Labute approximate surface area is 127 Å². The van der Waals surface area contributed by atoms with Crippen LogP contribution >= 0.6 is 11.3 Å². The monoisotopic (exact) mass is 314 g/mol. The van der Waals surface area contributed by atoms with Gasteiger partial charge in [0.1, 0.15) is 5.69 Å². The van der Waals surface area contributed by atoms with E-state index in [4.69, 9.17) is 0 Å². The summed E-state index contributed by atoms with van der Waals surface area (Å²) in [5, 5.41) is 14.9. The molecular weight excluding hydrogens is 304 g/mol. The van der Waals surface area contributed by atoms with Crippen molar-refractivity contribution in [2.24, 2.45) is 5.10 Å². The number of fused-ring (bicyclic) bond motifs is 1. The minimum Gasteiger partial charge on any atom is -0.319 e. The highest BCUT2D eigenvalue weighted by atomic mass is 32.1. The van der Waals surface area contributed by atoms with Crippen LogP contribution in [0.2, 0.25) is 0 Å². The number of benzene rings is 2. The molecule has 110 valence electrons. The van der Waals surface area contributed by atoms with E-state index in [1.165, 1.54) is 23.5 Å². The van der Waals surface area contributed by atoms with Crippen molar-refractivity contribution in [2.75, 3.05) is 5.43 Å². The fraction of sp³-hybridized carbons (Fsp3) is 0. The van der Waals surface area contributed by atoms with Crippen molar-refractivity contribution in [3.8, 4) is 0 Å². The maximum absolute atomic E-state index is 12.0. The summed E-state index contributed by atoms with van der Waals surface area (Å²) in [7, 11) is 0. The molecule has 0 amide bonds. The van der Waals surface area contributed by atoms with Crippen LogP contribution in [-0.4, -0.2) is 9.91 Å². The van der Waals surface area contributed by atoms with Gasteiger partial charge in [0.2, 0.25) is 4.67 Å². The first-order valence-electron chi connectivity index (χ1n) is 6.30. The Morgan fingerprint density at radius 3 is 2.68 bits per heavy atom. The third kappa shape index (κ3) is 2.72. The minimum absolute atomic E-state index is 0.103. The summed E-state index contributed by atoms with van der Waals surface area (Å²) < 4.78 is 1.06. The van der Waals surface area contributed by atoms with Crippen LogP contribution in [-0.2, 0) is 0 Å². The molecule has 0 aliphatic heterocycles. The summed E-state index contributed by atoms with van der Waals surface area (Å²) in [4.78, 5) is 25.1. The zero-order chi connectivity index (χ0) is 15.5. The number of H-pyrrole nitrogens is 1. The summed E-state index contributed by atoms with van der Waals surface area (Å²) >= 11 is 1.20. The number of rotatable bonds is 3. The van der Waals surface area contributed by atoms with Gasteiger partial charge < -0.3 is 4.98 Å². The van der Waals surface area contributed by atoms with Gasteiger partial charge in [0.15, 0.2) is 0 Å². The predicted octanol–water partition coefficient (Wildman–Crippen LogP) is 2.43. The van der Waals surface area contributed by atoms with Crippen molar-refractivity contribution < 1.29 is 4.92 Å². The number of para-hydroxylation sites is 3. The molecule has 0 bridgehead atoms. The molecular formula is C14H10N4O3S. The summed E-state index contributed by atoms with van der Waals surface area (Å²) in [5.41, 5.74) is 3.09. The van der Waals surface area contributed by atoms with E-state index >= 15 is 0 Å². The Kier molecular flexibility index (Phi) is 3.67. The van der Waals surface area contributed by atoms with Crippen molar-refractivity contribution >= 4 is 32.9 Å². The van der Waals surface area contributed by atoms with Crippen molar-refractivity contribution in [1.82, 2.24) is 4.98 Å². The molecule has 22 heavy (non-hydrogen) atoms. The minimum atomic E-state index is -0.508. The van der Waals surface area contributed by atoms with Crippen LogP contribution in [0.4, 0.5) is 11.4 Å². The van der Waals surface area contributed by atoms with Gasteiger partial charge in [-0.3, -0.25) is 20.3 Å². The molecule has 0 saturated carbocycles. The van der Waals surface area contributed by atoms with Crippen molar-refractivity contribution in [2.45, 2.75) is 0 Å². The van der Waals surface area contributed by atoms with Gasteiger partial charge in [-0.15, -0.1) is 11.3 Å². The van der Waals surface area contributed by atoms with Gasteiger partial charge in [0, 0.05) is 6.07 Å². The first-order chi connectivity index (χ1) is 10.6. The lowest BCUT2D eigenvalue weighted by molar-refractivity contribution is -0.384. The van der Waals surface area contributed by atoms with Crippen LogP contribution in [0.25, 0.3) is 10.2 Å². The van der Waals surface area contributed by atoms with Crippen molar-refractivity contribution in [1.29, 1.82) is 0 Å². The molecule has 0 fully saturated rings. The highest BCUT2D eigenvalue weighted by Gasteiger charge is 2.11. The van der Waals surface area contributed by atoms with Crippen LogP contribution in [0.1, 0.15) is 0 Å². The van der Waals surface area contributed by atoms with Crippen LogP contribution in [0.5, 0.6) is 0 Å². The van der Waals surface area contributed by atoms with Crippen LogP contribution < -0.4 is 15.7 Å². The summed E-state index contributed by atoms with van der Waals surface area (Å²) in [6.45, 7) is 0. The lowest BCUT2D eigenvalue weighted by Crippen LogP contribution is -2.26. The largest absolute Gasteiger partial charge is 0.319 e. The SMILES string of the molecule is O=c1[nH]c2ccccc2sc1=NNc1ccccc1[N+](=O)[O-]. The Morgan fingerprint density at radius 1 is 1.14 bits per heavy atom. The number of aromatic nitrogens is 1. The molecule has 0 aliphatic rings. The van der Waals surface area contributed by atoms with Gasteiger partial charge in [-0.05, 0) is 18.2 Å². The number of hydrogen-bond acceptors (Lipinski definition) is 6. The molecule has 0 saturated heterocycles. The molecule has 8 heteroatoms. The molecule has 7 nitrogen and oxygen atoms in total. The van der Waals surface area contributed by atoms with Crippen molar-refractivity contribution in [3.63, 3.8) is 0 Å². The number of nitro groups is 1. The molecule has 2 aromatic carbocycles. The maximum Gasteiger partial charge on any atom is 0.294 e. The number of nitrogens with zero attached hydrogens (tertiary/aromatic N) is 2. The lowest BCUT2D eigenvalue weighted by Gasteiger charge is -2.01. The van der Waals surface area contributed by atoms with Gasteiger partial charge in [-0.1, -0.05) is 24.3 Å². The fourth-order valence-corrected chi connectivity index (χ4v) is 2.72. The average Bonchev–Trinajstić information content (AvgIpc) is 2.53. The van der Waals surface area contributed by atoms with E-state index in [-0.39, 0.29) is 21.6 Å². The molecule has 1 heterocycles. The molecule has 3 rings (SSSR count). The highest BCUT2D eigenvalue weighted by molar-refractivity contribution is 7.16. The zero-order valence-corrected chi connectivity index (χ0v) is 12.0. The molecule has 0 spiro atoms. The van der Waals surface area contributed by atoms with E-state index in [9.17, 15) is 14.9 Å². The molecule has 3 aromatic rings. The smallest absolute Gasteiger partial charge is 0.294 e. The second-order valence-corrected chi connectivity index (χ2v) is 5.39. The lowest BCUT2D eigenvalue weighted by atomic mass is 10.3. The summed E-state index contributed by atoms with van der Waals surface area (Å²) in [6, 6.07) is 13.5. The van der Waals surface area contributed by atoms with Crippen molar-refractivity contribution in [3.05, 3.63) is 73.7 Å². The Morgan fingerprint density at radius 2 is 1.86 bits per heavy atom. The number of anilines is 1. The van der Waals surface area contributed by atoms with Crippen LogP contribution in [0.3, 0.4) is 0 Å². The van der Waals surface area contributed by atoms with Crippen LogP contribution in [0.15, 0.2) is 58.4 Å². The van der Waals surface area contributed by atoms with E-state index in [1.54, 1.807) is 18.2 Å². The second-order valence-electron chi connectivity index (χ2n) is 4.36. The molecule has 0 aliphatic carbocycles. The molecule has 2 N–H and O–H groups in total. The van der Waals surface area contributed by atoms with Crippen LogP contribution in [0, 0.1) is 10.1 Å². The third-order valence-electron chi connectivity index (χ3n) is 2.91. The first-order valence-corrected chi connectivity index (χ1v) is 7.12. The maximum atomic E-state index is 12.0. The summed E-state index contributed by atoms with van der Waals surface area (Å²) in [5.74, 6) is 0. The predicted molar refractivity (Wildman–Crippen MR) is 84.7 cm³/mol. The van der Waals surface area contributed by atoms with Gasteiger partial charge in [-0.25, -0.2) is 0 Å². The highest BCUT2D eigenvalue weighted by Crippen LogP contribution is 2.22. The Bertz CT molecular complexity index is 977. The molecule has 0 atom stereocenters. The fourth-order valence-electron chi connectivity index (χ4n) is 1.90. The van der Waals surface area contributed by atoms with E-state index in [1.807, 2.05) is 18.2 Å². The molecule has 0 unspecified atom stereocenters. The Balaban J connectivity index is 2.05. The summed E-state index contributed by atoms with van der Waals surface area (Å²) in [6.07, 6.45) is 0. The third-order valence-corrected chi connectivity index (χ3v) is 3.96. The van der Waals surface area contributed by atoms with Gasteiger partial charge in [-0.2, -0.15) is 5.10 Å². The van der Waals surface area contributed by atoms with E-state index in [2.05, 4.69) is 15.5 Å². The molecule has 0 radical (unpaired) electrons. The quantitative estimate of drug-likeness (QED) is 0.572. The number of aromatic amines is 1. The topological polar surface area (TPSA) is 100 Å². The second kappa shape index (κ2) is 5.78. The average molecular weight is 314 g/mol. The van der Waals surface area contributed by atoms with E-state index < -0.39 is 4.92 Å². The normalized spacial score (nSPS) is 11.5. The standard InChI is InChI=1S/C14H10N4O3S/c19-13-14(22-12-8-4-2-6-10(12)15-13)17-16-9-5-1-3-7-11(9)18(20)21/h1-8,16H,(H,15,19). The van der Waals surface area contributed by atoms with E-state index in [0.29, 0.717) is 0 Å². The first kappa shape index (κ1) is 14.0. The van der Waals surface area contributed by atoms with E-state index in [0.717, 1.165) is 10.2 Å². The zero-order valence-electron chi connectivity index (χ0n) is 11.1. The molecule has 1 aromatic heterocycles. The van der Waals surface area contributed by atoms with Gasteiger partial charge in [0.25, 0.3) is 11.2 Å². The van der Waals surface area contributed by atoms with Gasteiger partial charge >= 0.3 is 0 Å². The Hall–Kier alpha value is -3.00. The number of nitrogens with one attached hydrogen (secondary N) is 2. The van der Waals surface area contributed by atoms with Gasteiger partial charge in [0.05, 0.1) is 15.1 Å².